The molecule has 6 nitrogen and oxygen atoms in total. The summed E-state index contributed by atoms with van der Waals surface area (Å²) in [5.41, 5.74) is 2.71. The Morgan fingerprint density at radius 3 is 2.48 bits per heavy atom. The maximum atomic E-state index is 13.6. The van der Waals surface area contributed by atoms with Gasteiger partial charge in [0.1, 0.15) is 6.04 Å². The molecule has 0 saturated heterocycles. The third-order valence-corrected chi connectivity index (χ3v) is 5.33. The molecule has 0 aliphatic rings. The third kappa shape index (κ3) is 5.48. The molecule has 1 atom stereocenters. The van der Waals surface area contributed by atoms with Crippen molar-refractivity contribution in [3.63, 3.8) is 0 Å². The van der Waals surface area contributed by atoms with Crippen LogP contribution in [0, 0.1) is 13.8 Å². The molecule has 0 aliphatic heterocycles. The SMILES string of the molecule is Cc1cccc([C@@H](C(=O)NC(C)(C)C)N(C(=O)c2csnn2)c2cc(Cl)ccc2C)c1. The van der Waals surface area contributed by atoms with E-state index in [0.29, 0.717) is 16.3 Å². The minimum Gasteiger partial charge on any atom is -0.349 e. The van der Waals surface area contributed by atoms with Crippen LogP contribution in [0.1, 0.15) is 54.0 Å². The zero-order chi connectivity index (χ0) is 22.8. The van der Waals surface area contributed by atoms with E-state index >= 15 is 0 Å². The van der Waals surface area contributed by atoms with E-state index in [2.05, 4.69) is 14.9 Å². The number of halogens is 1. The van der Waals surface area contributed by atoms with Crippen molar-refractivity contribution < 1.29 is 9.59 Å². The second kappa shape index (κ2) is 9.16. The number of nitrogens with one attached hydrogen (secondary N) is 1. The highest BCUT2D eigenvalue weighted by atomic mass is 35.5. The molecule has 162 valence electrons. The molecule has 3 rings (SSSR count). The zero-order valence-electron chi connectivity index (χ0n) is 18.1. The van der Waals surface area contributed by atoms with Crippen LogP contribution < -0.4 is 10.2 Å². The number of hydrogen-bond donors (Lipinski definition) is 1. The fourth-order valence-corrected chi connectivity index (χ4v) is 3.88. The summed E-state index contributed by atoms with van der Waals surface area (Å²) in [5, 5.41) is 9.02. The summed E-state index contributed by atoms with van der Waals surface area (Å²) < 4.78 is 3.83. The van der Waals surface area contributed by atoms with Gasteiger partial charge in [-0.3, -0.25) is 14.5 Å². The molecule has 0 aliphatic carbocycles. The van der Waals surface area contributed by atoms with Gasteiger partial charge in [-0.15, -0.1) is 5.10 Å². The normalized spacial score (nSPS) is 12.3. The van der Waals surface area contributed by atoms with Crippen molar-refractivity contribution in [3.05, 3.63) is 75.3 Å². The van der Waals surface area contributed by atoms with Crippen LogP contribution in [0.4, 0.5) is 5.69 Å². The number of aromatic nitrogens is 2. The molecule has 0 unspecified atom stereocenters. The zero-order valence-corrected chi connectivity index (χ0v) is 19.7. The number of carbonyl (C=O) groups excluding carboxylic acids is 2. The van der Waals surface area contributed by atoms with E-state index in [1.54, 1.807) is 17.5 Å². The fourth-order valence-electron chi connectivity index (χ4n) is 3.28. The number of nitrogens with zero attached hydrogens (tertiary/aromatic N) is 3. The van der Waals surface area contributed by atoms with Crippen molar-refractivity contribution in [2.45, 2.75) is 46.2 Å². The summed E-state index contributed by atoms with van der Waals surface area (Å²) in [6.45, 7) is 9.53. The van der Waals surface area contributed by atoms with E-state index in [1.165, 1.54) is 4.90 Å². The van der Waals surface area contributed by atoms with E-state index in [-0.39, 0.29) is 11.6 Å². The minimum atomic E-state index is -0.925. The average Bonchev–Trinajstić information content (AvgIpc) is 3.21. The second-order valence-electron chi connectivity index (χ2n) is 8.45. The minimum absolute atomic E-state index is 0.172. The van der Waals surface area contributed by atoms with Crippen LogP contribution in [-0.4, -0.2) is 26.9 Å². The van der Waals surface area contributed by atoms with E-state index < -0.39 is 17.5 Å². The smallest absolute Gasteiger partial charge is 0.280 e. The number of aryl methyl sites for hydroxylation is 2. The molecule has 0 bridgehead atoms. The highest BCUT2D eigenvalue weighted by Crippen LogP contribution is 2.34. The Morgan fingerprint density at radius 1 is 1.13 bits per heavy atom. The second-order valence-corrected chi connectivity index (χ2v) is 9.50. The first-order valence-corrected chi connectivity index (χ1v) is 11.0. The van der Waals surface area contributed by atoms with Gasteiger partial charge in [0.15, 0.2) is 5.69 Å². The lowest BCUT2D eigenvalue weighted by Crippen LogP contribution is -2.49. The van der Waals surface area contributed by atoms with Gasteiger partial charge in [0.2, 0.25) is 5.91 Å². The summed E-state index contributed by atoms with van der Waals surface area (Å²) in [6.07, 6.45) is 0. The molecule has 31 heavy (non-hydrogen) atoms. The first kappa shape index (κ1) is 22.9. The number of carbonyl (C=O) groups is 2. The Morgan fingerprint density at radius 2 is 1.87 bits per heavy atom. The van der Waals surface area contributed by atoms with Gasteiger partial charge in [0.25, 0.3) is 5.91 Å². The first-order chi connectivity index (χ1) is 14.6. The molecule has 0 saturated carbocycles. The van der Waals surface area contributed by atoms with Crippen molar-refractivity contribution in [1.82, 2.24) is 14.9 Å². The number of amides is 2. The van der Waals surface area contributed by atoms with Crippen molar-refractivity contribution >= 4 is 40.6 Å². The van der Waals surface area contributed by atoms with E-state index in [1.807, 2.05) is 65.0 Å². The molecule has 1 aromatic heterocycles. The van der Waals surface area contributed by atoms with Gasteiger partial charge in [-0.05, 0) is 69.4 Å². The molecule has 2 aromatic carbocycles. The third-order valence-electron chi connectivity index (χ3n) is 4.59. The van der Waals surface area contributed by atoms with Gasteiger partial charge in [-0.2, -0.15) is 0 Å². The summed E-state index contributed by atoms with van der Waals surface area (Å²) in [6, 6.07) is 11.9. The Bertz CT molecular complexity index is 1090. The molecule has 0 fully saturated rings. The van der Waals surface area contributed by atoms with Crippen LogP contribution in [0.15, 0.2) is 47.8 Å². The van der Waals surface area contributed by atoms with Crippen LogP contribution in [-0.2, 0) is 4.79 Å². The summed E-state index contributed by atoms with van der Waals surface area (Å²) in [5.74, 6) is -0.719. The molecule has 3 aromatic rings. The molecule has 1 N–H and O–H groups in total. The van der Waals surface area contributed by atoms with Gasteiger partial charge < -0.3 is 5.32 Å². The molecule has 2 amide bonds. The lowest BCUT2D eigenvalue weighted by molar-refractivity contribution is -0.123. The van der Waals surface area contributed by atoms with Crippen LogP contribution in [0.5, 0.6) is 0 Å². The fraction of sp³-hybridized carbons (Fsp3) is 0.304. The van der Waals surface area contributed by atoms with Crippen molar-refractivity contribution in [1.29, 1.82) is 0 Å². The first-order valence-electron chi connectivity index (χ1n) is 9.82. The van der Waals surface area contributed by atoms with E-state index in [4.69, 9.17) is 11.6 Å². The van der Waals surface area contributed by atoms with Crippen LogP contribution >= 0.6 is 23.1 Å². The summed E-state index contributed by atoms with van der Waals surface area (Å²) in [7, 11) is 0. The van der Waals surface area contributed by atoms with Gasteiger partial charge in [-0.1, -0.05) is 52.0 Å². The van der Waals surface area contributed by atoms with Crippen molar-refractivity contribution in [2.75, 3.05) is 4.90 Å². The molecule has 0 spiro atoms. The maximum Gasteiger partial charge on any atom is 0.280 e. The van der Waals surface area contributed by atoms with Gasteiger partial charge in [0, 0.05) is 21.6 Å². The quantitative estimate of drug-likeness (QED) is 0.578. The highest BCUT2D eigenvalue weighted by Gasteiger charge is 2.36. The maximum absolute atomic E-state index is 13.6. The van der Waals surface area contributed by atoms with Crippen LogP contribution in [0.3, 0.4) is 0 Å². The summed E-state index contributed by atoms with van der Waals surface area (Å²) in [4.78, 5) is 28.7. The van der Waals surface area contributed by atoms with Crippen LogP contribution in [0.2, 0.25) is 5.02 Å². The van der Waals surface area contributed by atoms with E-state index in [9.17, 15) is 9.59 Å². The number of benzene rings is 2. The van der Waals surface area contributed by atoms with Crippen molar-refractivity contribution in [3.8, 4) is 0 Å². The number of anilines is 1. The Hall–Kier alpha value is -2.77. The standard InChI is InChI=1S/C23H25ClN4O2S/c1-14-7-6-8-16(11-14)20(21(29)25-23(3,4)5)28(22(30)18-13-31-27-26-18)19-12-17(24)10-9-15(19)2/h6-13,20H,1-5H3,(H,25,29)/t20-/m0/s1. The molecule has 0 radical (unpaired) electrons. The number of hydrogen-bond acceptors (Lipinski definition) is 5. The van der Waals surface area contributed by atoms with Gasteiger partial charge in [-0.25, -0.2) is 0 Å². The monoisotopic (exact) mass is 456 g/mol. The molecular weight excluding hydrogens is 432 g/mol. The average molecular weight is 457 g/mol. The van der Waals surface area contributed by atoms with Gasteiger partial charge in [0.05, 0.1) is 0 Å². The van der Waals surface area contributed by atoms with Gasteiger partial charge >= 0.3 is 0 Å². The number of rotatable bonds is 5. The van der Waals surface area contributed by atoms with Crippen molar-refractivity contribution in [2.24, 2.45) is 0 Å². The summed E-state index contributed by atoms with van der Waals surface area (Å²) >= 11 is 7.37. The van der Waals surface area contributed by atoms with E-state index in [0.717, 1.165) is 22.7 Å². The molecule has 8 heteroatoms. The Balaban J connectivity index is 2.24. The largest absolute Gasteiger partial charge is 0.349 e. The molecular formula is C23H25ClN4O2S. The Labute approximate surface area is 191 Å². The van der Waals surface area contributed by atoms with Crippen LogP contribution in [0.25, 0.3) is 0 Å². The molecule has 1 heterocycles. The highest BCUT2D eigenvalue weighted by molar-refractivity contribution is 7.03. The predicted molar refractivity (Wildman–Crippen MR) is 125 cm³/mol. The lowest BCUT2D eigenvalue weighted by atomic mass is 9.98. The lowest BCUT2D eigenvalue weighted by Gasteiger charge is -2.34. The topological polar surface area (TPSA) is 75.2 Å². The Kier molecular flexibility index (Phi) is 6.77. The predicted octanol–water partition coefficient (Wildman–Crippen LogP) is 5.11.